The maximum atomic E-state index is 13.2. The van der Waals surface area contributed by atoms with Crippen molar-refractivity contribution in [1.82, 2.24) is 0 Å². The first-order valence-corrected chi connectivity index (χ1v) is 9.90. The number of nitrogens with zero attached hydrogens (tertiary/aromatic N) is 1. The van der Waals surface area contributed by atoms with E-state index in [9.17, 15) is 14.0 Å². The second kappa shape index (κ2) is 8.38. The highest BCUT2D eigenvalue weighted by molar-refractivity contribution is 7.14. The van der Waals surface area contributed by atoms with Crippen LogP contribution in [0.25, 0.3) is 0 Å². The monoisotopic (exact) mass is 387 g/mol. The molecule has 1 aromatic carbocycles. The zero-order valence-electron chi connectivity index (χ0n) is 14.3. The Morgan fingerprint density at radius 3 is 2.42 bits per heavy atom. The summed E-state index contributed by atoms with van der Waals surface area (Å²) in [5.74, 6) is -0.515. The van der Waals surface area contributed by atoms with Gasteiger partial charge in [-0.15, -0.1) is 22.7 Å². The minimum atomic E-state index is -0.347. The standard InChI is InChI=1S/C20H18FNO2S2/c1-14-4-10-19(26-14)18(23)9-11-20(24)22(13-17-3-2-12-25-17)16-7-5-15(21)6-8-16/h2-8,10,12H,9,11,13H2,1H3. The van der Waals surface area contributed by atoms with Crippen LogP contribution in [0.4, 0.5) is 10.1 Å². The van der Waals surface area contributed by atoms with Crippen LogP contribution in [0, 0.1) is 12.7 Å². The molecule has 0 bridgehead atoms. The van der Waals surface area contributed by atoms with Gasteiger partial charge in [-0.05, 0) is 54.8 Å². The van der Waals surface area contributed by atoms with Gasteiger partial charge >= 0.3 is 0 Å². The first-order valence-electron chi connectivity index (χ1n) is 8.21. The third-order valence-electron chi connectivity index (χ3n) is 3.91. The Kier molecular flexibility index (Phi) is 5.96. The van der Waals surface area contributed by atoms with E-state index in [0.717, 1.165) is 9.75 Å². The Bertz CT molecular complexity index is 885. The number of rotatable bonds is 7. The van der Waals surface area contributed by atoms with Crippen molar-refractivity contribution in [3.05, 3.63) is 74.4 Å². The first-order chi connectivity index (χ1) is 12.5. The summed E-state index contributed by atoms with van der Waals surface area (Å²) in [7, 11) is 0. The van der Waals surface area contributed by atoms with Crippen molar-refractivity contribution in [2.45, 2.75) is 26.3 Å². The number of hydrogen-bond donors (Lipinski definition) is 0. The van der Waals surface area contributed by atoms with E-state index in [2.05, 4.69) is 0 Å². The maximum absolute atomic E-state index is 13.2. The summed E-state index contributed by atoms with van der Waals surface area (Å²) in [5.41, 5.74) is 0.629. The van der Waals surface area contributed by atoms with Crippen molar-refractivity contribution < 1.29 is 14.0 Å². The maximum Gasteiger partial charge on any atom is 0.227 e. The van der Waals surface area contributed by atoms with E-state index in [0.29, 0.717) is 17.1 Å². The molecule has 26 heavy (non-hydrogen) atoms. The second-order valence-corrected chi connectivity index (χ2v) is 8.19. The van der Waals surface area contributed by atoms with Crippen LogP contribution in [-0.4, -0.2) is 11.7 Å². The van der Waals surface area contributed by atoms with Crippen molar-refractivity contribution in [3.8, 4) is 0 Å². The van der Waals surface area contributed by atoms with E-state index in [1.165, 1.54) is 23.5 Å². The lowest BCUT2D eigenvalue weighted by Crippen LogP contribution is -2.30. The number of hydrogen-bond acceptors (Lipinski definition) is 4. The van der Waals surface area contributed by atoms with Crippen molar-refractivity contribution in [2.24, 2.45) is 0 Å². The van der Waals surface area contributed by atoms with E-state index in [1.54, 1.807) is 34.4 Å². The fourth-order valence-corrected chi connectivity index (χ4v) is 4.09. The van der Waals surface area contributed by atoms with Gasteiger partial charge in [-0.1, -0.05) is 6.07 Å². The molecule has 0 aliphatic carbocycles. The first kappa shape index (κ1) is 18.5. The normalized spacial score (nSPS) is 10.7. The summed E-state index contributed by atoms with van der Waals surface area (Å²) in [4.78, 5) is 29.5. The van der Waals surface area contributed by atoms with Crippen LogP contribution in [0.15, 0.2) is 53.9 Å². The molecule has 0 saturated carbocycles. The number of thiophene rings is 2. The van der Waals surface area contributed by atoms with E-state index < -0.39 is 0 Å². The molecule has 2 heterocycles. The largest absolute Gasteiger partial charge is 0.307 e. The number of aryl methyl sites for hydroxylation is 1. The molecule has 3 rings (SSSR count). The van der Waals surface area contributed by atoms with Gasteiger partial charge < -0.3 is 4.90 Å². The quantitative estimate of drug-likeness (QED) is 0.505. The molecule has 0 aliphatic heterocycles. The molecule has 0 saturated heterocycles. The summed E-state index contributed by atoms with van der Waals surface area (Å²) < 4.78 is 13.2. The van der Waals surface area contributed by atoms with Gasteiger partial charge in [0.15, 0.2) is 5.78 Å². The van der Waals surface area contributed by atoms with Gasteiger partial charge in [0.25, 0.3) is 0 Å². The van der Waals surface area contributed by atoms with Crippen LogP contribution < -0.4 is 4.90 Å². The van der Waals surface area contributed by atoms with Crippen molar-refractivity contribution >= 4 is 40.1 Å². The number of carbonyl (C=O) groups excluding carboxylic acids is 2. The minimum absolute atomic E-state index is 0.0216. The second-order valence-electron chi connectivity index (χ2n) is 5.87. The molecule has 3 nitrogen and oxygen atoms in total. The summed E-state index contributed by atoms with van der Waals surface area (Å²) in [5, 5.41) is 1.95. The molecule has 3 aromatic rings. The molecular formula is C20H18FNO2S2. The van der Waals surface area contributed by atoms with Gasteiger partial charge in [0, 0.05) is 28.3 Å². The molecule has 0 unspecified atom stereocenters. The third-order valence-corrected chi connectivity index (χ3v) is 5.82. The topological polar surface area (TPSA) is 37.4 Å². The summed E-state index contributed by atoms with van der Waals surface area (Å²) in [6, 6.07) is 13.4. The molecule has 0 aliphatic rings. The minimum Gasteiger partial charge on any atom is -0.307 e. The van der Waals surface area contributed by atoms with Gasteiger partial charge in [0.1, 0.15) is 5.82 Å². The van der Waals surface area contributed by atoms with Crippen molar-refractivity contribution in [2.75, 3.05) is 4.90 Å². The van der Waals surface area contributed by atoms with E-state index >= 15 is 0 Å². The number of amides is 1. The highest BCUT2D eigenvalue weighted by Crippen LogP contribution is 2.23. The molecular weight excluding hydrogens is 369 g/mol. The lowest BCUT2D eigenvalue weighted by Gasteiger charge is -2.22. The third kappa shape index (κ3) is 4.65. The lowest BCUT2D eigenvalue weighted by molar-refractivity contribution is -0.118. The Morgan fingerprint density at radius 2 is 1.81 bits per heavy atom. The highest BCUT2D eigenvalue weighted by atomic mass is 32.1. The van der Waals surface area contributed by atoms with Gasteiger partial charge in [-0.25, -0.2) is 4.39 Å². The number of ketones is 1. The molecule has 0 N–H and O–H groups in total. The highest BCUT2D eigenvalue weighted by Gasteiger charge is 2.19. The van der Waals surface area contributed by atoms with E-state index in [4.69, 9.17) is 0 Å². The van der Waals surface area contributed by atoms with Crippen LogP contribution in [0.1, 0.15) is 32.3 Å². The van der Waals surface area contributed by atoms with Crippen LogP contribution in [0.2, 0.25) is 0 Å². The fraction of sp³-hybridized carbons (Fsp3) is 0.200. The molecule has 1 amide bonds. The van der Waals surface area contributed by atoms with Crippen molar-refractivity contribution in [3.63, 3.8) is 0 Å². The van der Waals surface area contributed by atoms with Crippen LogP contribution >= 0.6 is 22.7 Å². The Labute approximate surface area is 159 Å². The Hall–Kier alpha value is -2.31. The number of Topliss-reactive ketones (excluding diaryl/α,β-unsaturated/α-hetero) is 1. The number of anilines is 1. The Balaban J connectivity index is 1.71. The summed E-state index contributed by atoms with van der Waals surface area (Å²) in [6.07, 6.45) is 0.291. The lowest BCUT2D eigenvalue weighted by atomic mass is 10.1. The number of carbonyl (C=O) groups is 2. The molecule has 6 heteroatoms. The average molecular weight is 388 g/mol. The van der Waals surface area contributed by atoms with Crippen LogP contribution in [0.5, 0.6) is 0 Å². The van der Waals surface area contributed by atoms with Crippen molar-refractivity contribution in [1.29, 1.82) is 0 Å². The van der Waals surface area contributed by atoms with Gasteiger partial charge in [0.2, 0.25) is 5.91 Å². The van der Waals surface area contributed by atoms with E-state index in [1.807, 2.05) is 30.5 Å². The fourth-order valence-electron chi connectivity index (χ4n) is 2.57. The predicted molar refractivity (Wildman–Crippen MR) is 105 cm³/mol. The van der Waals surface area contributed by atoms with Crippen LogP contribution in [-0.2, 0) is 11.3 Å². The molecule has 0 atom stereocenters. The molecule has 0 spiro atoms. The molecule has 2 aromatic heterocycles. The number of halogens is 1. The molecule has 0 fully saturated rings. The van der Waals surface area contributed by atoms with Gasteiger partial charge in [-0.2, -0.15) is 0 Å². The summed E-state index contributed by atoms with van der Waals surface area (Å²) >= 11 is 3.00. The Morgan fingerprint density at radius 1 is 1.04 bits per heavy atom. The zero-order valence-corrected chi connectivity index (χ0v) is 15.9. The van der Waals surface area contributed by atoms with Gasteiger partial charge in [0.05, 0.1) is 11.4 Å². The molecule has 134 valence electrons. The predicted octanol–water partition coefficient (Wildman–Crippen LogP) is 5.45. The zero-order chi connectivity index (χ0) is 18.5. The number of benzene rings is 1. The smallest absolute Gasteiger partial charge is 0.227 e. The van der Waals surface area contributed by atoms with E-state index in [-0.39, 0.29) is 30.3 Å². The average Bonchev–Trinajstić information content (AvgIpc) is 3.30. The van der Waals surface area contributed by atoms with Gasteiger partial charge in [-0.3, -0.25) is 9.59 Å². The molecule has 0 radical (unpaired) electrons. The SMILES string of the molecule is Cc1ccc(C(=O)CCC(=O)N(Cc2cccs2)c2ccc(F)cc2)s1. The van der Waals surface area contributed by atoms with Crippen LogP contribution in [0.3, 0.4) is 0 Å². The summed E-state index contributed by atoms with van der Waals surface area (Å²) in [6.45, 7) is 2.36.